The quantitative estimate of drug-likeness (QED) is 0.723. The van der Waals surface area contributed by atoms with Gasteiger partial charge in [0.05, 0.1) is 0 Å². The molecule has 0 saturated carbocycles. The van der Waals surface area contributed by atoms with E-state index < -0.39 is 0 Å². The molecular formula is C11H13N3. The molecule has 0 saturated heterocycles. The van der Waals surface area contributed by atoms with Crippen LogP contribution >= 0.6 is 0 Å². The Kier molecular flexibility index (Phi) is 2.31. The first-order valence-electron chi connectivity index (χ1n) is 4.74. The normalized spacial score (nSPS) is 10.8. The zero-order valence-electron chi connectivity index (χ0n) is 8.38. The summed E-state index contributed by atoms with van der Waals surface area (Å²) in [7, 11) is 0. The fraction of sp³-hybridized carbons (Fsp3) is 0.273. The molecule has 0 amide bonds. The third-order valence-electron chi connectivity index (χ3n) is 2.16. The highest BCUT2D eigenvalue weighted by Crippen LogP contribution is 2.18. The second-order valence-corrected chi connectivity index (χ2v) is 3.52. The molecule has 1 aromatic carbocycles. The molecule has 0 N–H and O–H groups in total. The molecular weight excluding hydrogens is 174 g/mol. The number of hydrogen-bond donors (Lipinski definition) is 0. The Labute approximate surface area is 83.4 Å². The largest absolute Gasteiger partial charge is 0.311 e. The first kappa shape index (κ1) is 8.94. The van der Waals surface area contributed by atoms with Crippen LogP contribution < -0.4 is 0 Å². The third-order valence-corrected chi connectivity index (χ3v) is 2.16. The maximum absolute atomic E-state index is 4.12. The molecule has 0 radical (unpaired) electrons. The van der Waals surface area contributed by atoms with Crippen LogP contribution in [-0.2, 0) is 0 Å². The SMILES string of the molecule is CC(C)n1cnnc1-c1ccccc1. The van der Waals surface area contributed by atoms with Crippen molar-refractivity contribution in [2.75, 3.05) is 0 Å². The van der Waals surface area contributed by atoms with Crippen molar-refractivity contribution in [2.45, 2.75) is 19.9 Å². The van der Waals surface area contributed by atoms with Crippen molar-refractivity contribution in [3.05, 3.63) is 36.7 Å². The van der Waals surface area contributed by atoms with Crippen LogP contribution in [0.4, 0.5) is 0 Å². The van der Waals surface area contributed by atoms with Crippen LogP contribution in [-0.4, -0.2) is 14.8 Å². The van der Waals surface area contributed by atoms with Crippen molar-refractivity contribution in [1.29, 1.82) is 0 Å². The lowest BCUT2D eigenvalue weighted by molar-refractivity contribution is 0.604. The Morgan fingerprint density at radius 1 is 1.14 bits per heavy atom. The molecule has 72 valence electrons. The van der Waals surface area contributed by atoms with Gasteiger partial charge in [-0.15, -0.1) is 10.2 Å². The van der Waals surface area contributed by atoms with Crippen LogP contribution in [0.5, 0.6) is 0 Å². The van der Waals surface area contributed by atoms with Gasteiger partial charge in [0.15, 0.2) is 5.82 Å². The summed E-state index contributed by atoms with van der Waals surface area (Å²) in [5.74, 6) is 0.931. The molecule has 0 atom stereocenters. The van der Waals surface area contributed by atoms with Crippen LogP contribution in [0.2, 0.25) is 0 Å². The van der Waals surface area contributed by atoms with Crippen LogP contribution in [0.3, 0.4) is 0 Å². The van der Waals surface area contributed by atoms with Crippen molar-refractivity contribution in [2.24, 2.45) is 0 Å². The molecule has 0 aliphatic heterocycles. The summed E-state index contributed by atoms with van der Waals surface area (Å²) in [6.07, 6.45) is 1.77. The van der Waals surface area contributed by atoms with Crippen molar-refractivity contribution < 1.29 is 0 Å². The first-order chi connectivity index (χ1) is 6.79. The van der Waals surface area contributed by atoms with Gasteiger partial charge in [0, 0.05) is 11.6 Å². The van der Waals surface area contributed by atoms with Gasteiger partial charge in [0.2, 0.25) is 0 Å². The lowest BCUT2D eigenvalue weighted by Crippen LogP contribution is -2.01. The second kappa shape index (κ2) is 3.62. The first-order valence-corrected chi connectivity index (χ1v) is 4.74. The second-order valence-electron chi connectivity index (χ2n) is 3.52. The molecule has 0 bridgehead atoms. The smallest absolute Gasteiger partial charge is 0.163 e. The molecule has 0 fully saturated rings. The van der Waals surface area contributed by atoms with Crippen molar-refractivity contribution >= 4 is 0 Å². The molecule has 3 nitrogen and oxygen atoms in total. The van der Waals surface area contributed by atoms with E-state index in [9.17, 15) is 0 Å². The van der Waals surface area contributed by atoms with Gasteiger partial charge in [-0.1, -0.05) is 30.3 Å². The molecule has 2 aromatic rings. The third kappa shape index (κ3) is 1.53. The van der Waals surface area contributed by atoms with E-state index >= 15 is 0 Å². The Morgan fingerprint density at radius 2 is 1.86 bits per heavy atom. The molecule has 0 unspecified atom stereocenters. The Bertz CT molecular complexity index is 403. The van der Waals surface area contributed by atoms with E-state index in [0.29, 0.717) is 6.04 Å². The number of benzene rings is 1. The number of nitrogens with zero attached hydrogens (tertiary/aromatic N) is 3. The monoisotopic (exact) mass is 187 g/mol. The van der Waals surface area contributed by atoms with Crippen LogP contribution in [0.25, 0.3) is 11.4 Å². The fourth-order valence-electron chi connectivity index (χ4n) is 1.41. The van der Waals surface area contributed by atoms with Crippen molar-refractivity contribution in [1.82, 2.24) is 14.8 Å². The van der Waals surface area contributed by atoms with E-state index in [1.165, 1.54) is 0 Å². The Hall–Kier alpha value is -1.64. The highest BCUT2D eigenvalue weighted by atomic mass is 15.3. The van der Waals surface area contributed by atoms with Crippen molar-refractivity contribution in [3.63, 3.8) is 0 Å². The topological polar surface area (TPSA) is 30.7 Å². The minimum atomic E-state index is 0.389. The molecule has 0 aliphatic carbocycles. The highest BCUT2D eigenvalue weighted by molar-refractivity contribution is 5.54. The summed E-state index contributed by atoms with van der Waals surface area (Å²) in [4.78, 5) is 0. The predicted octanol–water partition coefficient (Wildman–Crippen LogP) is 2.53. The fourth-order valence-corrected chi connectivity index (χ4v) is 1.41. The van der Waals surface area contributed by atoms with E-state index in [-0.39, 0.29) is 0 Å². The Balaban J connectivity index is 2.47. The lowest BCUT2D eigenvalue weighted by atomic mass is 10.2. The zero-order valence-corrected chi connectivity index (χ0v) is 8.38. The van der Waals surface area contributed by atoms with Gasteiger partial charge in [-0.25, -0.2) is 0 Å². The summed E-state index contributed by atoms with van der Waals surface area (Å²) in [5.41, 5.74) is 1.11. The van der Waals surface area contributed by atoms with E-state index in [1.807, 2.05) is 30.3 Å². The summed E-state index contributed by atoms with van der Waals surface area (Å²) < 4.78 is 2.06. The molecule has 3 heteroatoms. The zero-order chi connectivity index (χ0) is 9.97. The van der Waals surface area contributed by atoms with Gasteiger partial charge in [-0.3, -0.25) is 0 Å². The van der Waals surface area contributed by atoms with E-state index in [2.05, 4.69) is 28.6 Å². The van der Waals surface area contributed by atoms with E-state index in [0.717, 1.165) is 11.4 Å². The van der Waals surface area contributed by atoms with Crippen LogP contribution in [0, 0.1) is 0 Å². The minimum Gasteiger partial charge on any atom is -0.311 e. The summed E-state index contributed by atoms with van der Waals surface area (Å²) >= 11 is 0. The number of hydrogen-bond acceptors (Lipinski definition) is 2. The van der Waals surface area contributed by atoms with Gasteiger partial charge in [-0.05, 0) is 13.8 Å². The molecule has 1 aromatic heterocycles. The molecule has 14 heavy (non-hydrogen) atoms. The summed E-state index contributed by atoms with van der Waals surface area (Å²) in [5, 5.41) is 8.05. The van der Waals surface area contributed by atoms with E-state index in [1.54, 1.807) is 6.33 Å². The highest BCUT2D eigenvalue weighted by Gasteiger charge is 2.08. The molecule has 1 heterocycles. The molecule has 2 rings (SSSR count). The predicted molar refractivity (Wildman–Crippen MR) is 55.8 cm³/mol. The van der Waals surface area contributed by atoms with Gasteiger partial charge >= 0.3 is 0 Å². The Morgan fingerprint density at radius 3 is 2.50 bits per heavy atom. The average Bonchev–Trinajstić information content (AvgIpc) is 2.67. The standard InChI is InChI=1S/C11H13N3/c1-9(2)14-8-12-13-11(14)10-6-4-3-5-7-10/h3-9H,1-2H3. The molecule has 0 spiro atoms. The van der Waals surface area contributed by atoms with Crippen molar-refractivity contribution in [3.8, 4) is 11.4 Å². The molecule has 0 aliphatic rings. The van der Waals surface area contributed by atoms with Gasteiger partial charge in [0.1, 0.15) is 6.33 Å². The summed E-state index contributed by atoms with van der Waals surface area (Å²) in [6.45, 7) is 4.24. The van der Waals surface area contributed by atoms with Crippen LogP contribution in [0.15, 0.2) is 36.7 Å². The van der Waals surface area contributed by atoms with Gasteiger partial charge in [0.25, 0.3) is 0 Å². The van der Waals surface area contributed by atoms with Gasteiger partial charge in [-0.2, -0.15) is 0 Å². The maximum atomic E-state index is 4.12. The maximum Gasteiger partial charge on any atom is 0.163 e. The van der Waals surface area contributed by atoms with Gasteiger partial charge < -0.3 is 4.57 Å². The van der Waals surface area contributed by atoms with E-state index in [4.69, 9.17) is 0 Å². The lowest BCUT2D eigenvalue weighted by Gasteiger charge is -2.09. The number of aromatic nitrogens is 3. The number of rotatable bonds is 2. The van der Waals surface area contributed by atoms with Crippen LogP contribution in [0.1, 0.15) is 19.9 Å². The summed E-state index contributed by atoms with van der Waals surface area (Å²) in [6, 6.07) is 10.5. The minimum absolute atomic E-state index is 0.389. The average molecular weight is 187 g/mol.